The third-order valence-corrected chi connectivity index (χ3v) is 5.74. The average molecular weight is 451 g/mol. The highest BCUT2D eigenvalue weighted by Gasteiger charge is 2.28. The number of hydrogen-bond donors (Lipinski definition) is 3. The molecule has 7 nitrogen and oxygen atoms in total. The lowest BCUT2D eigenvalue weighted by Crippen LogP contribution is -2.27. The van der Waals surface area contributed by atoms with E-state index in [1.165, 1.54) is 35.3 Å². The van der Waals surface area contributed by atoms with Gasteiger partial charge in [0.05, 0.1) is 0 Å². The Bertz CT molecular complexity index is 985. The molecule has 0 atom stereocenters. The van der Waals surface area contributed by atoms with Crippen molar-refractivity contribution >= 4 is 18.0 Å². The van der Waals surface area contributed by atoms with Crippen LogP contribution in [-0.4, -0.2) is 42.8 Å². The Morgan fingerprint density at radius 1 is 0.939 bits per heavy atom. The molecule has 0 saturated carbocycles. The van der Waals surface area contributed by atoms with Crippen molar-refractivity contribution in [2.45, 2.75) is 38.5 Å². The molecule has 0 radical (unpaired) electrons. The van der Waals surface area contributed by atoms with Crippen molar-refractivity contribution in [1.82, 2.24) is 10.6 Å². The Hall–Kier alpha value is -3.61. The molecule has 0 bridgehead atoms. The quantitative estimate of drug-likeness (QED) is 0.351. The summed E-state index contributed by atoms with van der Waals surface area (Å²) in [6, 6.07) is 16.4. The summed E-state index contributed by atoms with van der Waals surface area (Å²) in [7, 11) is 0. The summed E-state index contributed by atoms with van der Waals surface area (Å²) in [5.74, 6) is -1.07. The number of carbonyl (C=O) groups excluding carboxylic acids is 2. The molecule has 0 spiro atoms. The molecule has 1 aliphatic carbocycles. The van der Waals surface area contributed by atoms with E-state index in [0.717, 1.165) is 12.8 Å². The Labute approximate surface area is 193 Å². The van der Waals surface area contributed by atoms with Gasteiger partial charge in [0, 0.05) is 31.0 Å². The van der Waals surface area contributed by atoms with Crippen LogP contribution in [0.15, 0.2) is 60.2 Å². The van der Waals surface area contributed by atoms with Crippen molar-refractivity contribution in [2.24, 2.45) is 0 Å². The molecule has 2 amide bonds. The maximum Gasteiger partial charge on any atom is 0.407 e. The summed E-state index contributed by atoms with van der Waals surface area (Å²) in [6.45, 7) is 2.47. The molecule has 33 heavy (non-hydrogen) atoms. The molecule has 2 aromatic carbocycles. The first kappa shape index (κ1) is 24.0. The number of nitrogens with one attached hydrogen (secondary N) is 2. The topological polar surface area (TPSA) is 105 Å². The molecule has 7 heteroatoms. The number of hydrogen-bond acceptors (Lipinski definition) is 4. The van der Waals surface area contributed by atoms with Gasteiger partial charge in [-0.1, -0.05) is 61.0 Å². The number of fused-ring (bicyclic) bond motifs is 3. The Morgan fingerprint density at radius 2 is 1.58 bits per heavy atom. The summed E-state index contributed by atoms with van der Waals surface area (Å²) in [4.78, 5) is 34.6. The number of carboxylic acids is 1. The van der Waals surface area contributed by atoms with Gasteiger partial charge in [0.15, 0.2) is 0 Å². The maximum atomic E-state index is 12.1. The standard InChI is InChI=1S/C26H30N2O5/c1-18(25(30)31)14-16-27-24(29)13-3-2-8-15-28-26(32)33-17-23-21-11-6-4-9-19(21)20-10-5-7-12-22(20)23/h4-7,9-12,14,23H,2-3,8,13,15-17H2,1H3,(H,27,29)(H,28,32)(H,30,31)/b18-14+. The van der Waals surface area contributed by atoms with Crippen molar-refractivity contribution in [1.29, 1.82) is 0 Å². The van der Waals surface area contributed by atoms with Gasteiger partial charge in [0.2, 0.25) is 5.91 Å². The molecule has 0 heterocycles. The Kier molecular flexibility index (Phi) is 8.63. The Morgan fingerprint density at radius 3 is 2.21 bits per heavy atom. The molecular formula is C26H30N2O5. The predicted molar refractivity (Wildman–Crippen MR) is 126 cm³/mol. The van der Waals surface area contributed by atoms with E-state index in [9.17, 15) is 14.4 Å². The fourth-order valence-electron chi connectivity index (χ4n) is 3.92. The second kappa shape index (κ2) is 11.9. The van der Waals surface area contributed by atoms with E-state index in [2.05, 4.69) is 34.9 Å². The van der Waals surface area contributed by atoms with E-state index in [0.29, 0.717) is 19.4 Å². The van der Waals surface area contributed by atoms with Crippen LogP contribution in [0.2, 0.25) is 0 Å². The van der Waals surface area contributed by atoms with Crippen LogP contribution in [0.1, 0.15) is 49.7 Å². The summed E-state index contributed by atoms with van der Waals surface area (Å²) in [6.07, 6.45) is 3.63. The molecule has 0 aliphatic heterocycles. The number of carboxylic acid groups (broad SMARTS) is 1. The summed E-state index contributed by atoms with van der Waals surface area (Å²) in [5.41, 5.74) is 4.95. The number of rotatable bonds is 11. The van der Waals surface area contributed by atoms with Crippen molar-refractivity contribution < 1.29 is 24.2 Å². The lowest BCUT2D eigenvalue weighted by Gasteiger charge is -2.14. The first-order valence-corrected chi connectivity index (χ1v) is 11.2. The van der Waals surface area contributed by atoms with Crippen molar-refractivity contribution in [3.8, 4) is 11.1 Å². The van der Waals surface area contributed by atoms with E-state index in [1.54, 1.807) is 0 Å². The fourth-order valence-corrected chi connectivity index (χ4v) is 3.92. The number of ether oxygens (including phenoxy) is 1. The highest BCUT2D eigenvalue weighted by molar-refractivity contribution is 5.86. The van der Waals surface area contributed by atoms with Crippen LogP contribution in [0.25, 0.3) is 11.1 Å². The third kappa shape index (κ3) is 6.68. The summed E-state index contributed by atoms with van der Waals surface area (Å²) >= 11 is 0. The zero-order valence-corrected chi connectivity index (χ0v) is 18.8. The molecule has 174 valence electrons. The number of carbonyl (C=O) groups is 3. The number of benzene rings is 2. The fraction of sp³-hybridized carbons (Fsp3) is 0.346. The van der Waals surface area contributed by atoms with Gasteiger partial charge in [-0.2, -0.15) is 0 Å². The van der Waals surface area contributed by atoms with Gasteiger partial charge >= 0.3 is 12.1 Å². The highest BCUT2D eigenvalue weighted by Crippen LogP contribution is 2.44. The minimum absolute atomic E-state index is 0.0378. The molecule has 2 aromatic rings. The van der Waals surface area contributed by atoms with Crippen LogP contribution in [0, 0.1) is 0 Å². The minimum atomic E-state index is -0.992. The van der Waals surface area contributed by atoms with Gasteiger partial charge in [0.25, 0.3) is 0 Å². The zero-order valence-electron chi connectivity index (χ0n) is 18.8. The predicted octanol–water partition coefficient (Wildman–Crippen LogP) is 4.23. The van der Waals surface area contributed by atoms with Gasteiger partial charge in [-0.25, -0.2) is 9.59 Å². The second-order valence-corrected chi connectivity index (χ2v) is 8.06. The lowest BCUT2D eigenvalue weighted by molar-refractivity contribution is -0.132. The highest BCUT2D eigenvalue weighted by atomic mass is 16.5. The van der Waals surface area contributed by atoms with Crippen LogP contribution in [0.3, 0.4) is 0 Å². The molecule has 0 unspecified atom stereocenters. The first-order valence-electron chi connectivity index (χ1n) is 11.2. The summed E-state index contributed by atoms with van der Waals surface area (Å²) < 4.78 is 5.50. The lowest BCUT2D eigenvalue weighted by atomic mass is 9.98. The maximum absolute atomic E-state index is 12.1. The van der Waals surface area contributed by atoms with Gasteiger partial charge in [-0.05, 0) is 42.0 Å². The molecule has 3 rings (SSSR count). The van der Waals surface area contributed by atoms with Crippen molar-refractivity contribution in [2.75, 3.05) is 19.7 Å². The van der Waals surface area contributed by atoms with E-state index in [1.807, 2.05) is 24.3 Å². The smallest absolute Gasteiger partial charge is 0.407 e. The first-order chi connectivity index (χ1) is 16.0. The molecular weight excluding hydrogens is 420 g/mol. The van der Waals surface area contributed by atoms with Crippen LogP contribution in [0.4, 0.5) is 4.79 Å². The number of alkyl carbamates (subject to hydrolysis) is 1. The largest absolute Gasteiger partial charge is 0.478 e. The molecule has 0 fully saturated rings. The van der Waals surface area contributed by atoms with Crippen LogP contribution < -0.4 is 10.6 Å². The number of unbranched alkanes of at least 4 members (excludes halogenated alkanes) is 2. The van der Waals surface area contributed by atoms with Crippen LogP contribution in [0.5, 0.6) is 0 Å². The van der Waals surface area contributed by atoms with Crippen LogP contribution >= 0.6 is 0 Å². The molecule has 1 aliphatic rings. The zero-order chi connectivity index (χ0) is 23.6. The second-order valence-electron chi connectivity index (χ2n) is 8.06. The third-order valence-electron chi connectivity index (χ3n) is 5.74. The van der Waals surface area contributed by atoms with Gasteiger partial charge in [-0.15, -0.1) is 0 Å². The SMILES string of the molecule is C/C(=C\CNC(=O)CCCCCNC(=O)OCC1c2ccccc2-c2ccccc21)C(=O)O. The van der Waals surface area contributed by atoms with E-state index in [4.69, 9.17) is 9.84 Å². The van der Waals surface area contributed by atoms with Gasteiger partial charge in [0.1, 0.15) is 6.61 Å². The normalized spacial score (nSPS) is 12.6. The monoisotopic (exact) mass is 450 g/mol. The molecule has 0 aromatic heterocycles. The van der Waals surface area contributed by atoms with Gasteiger partial charge < -0.3 is 20.5 Å². The Balaban J connectivity index is 1.31. The molecule has 3 N–H and O–H groups in total. The number of amides is 2. The molecule has 0 saturated heterocycles. The number of aliphatic carboxylic acids is 1. The van der Waals surface area contributed by atoms with E-state index >= 15 is 0 Å². The van der Waals surface area contributed by atoms with Crippen molar-refractivity contribution in [3.63, 3.8) is 0 Å². The van der Waals surface area contributed by atoms with E-state index in [-0.39, 0.29) is 30.5 Å². The average Bonchev–Trinajstić information content (AvgIpc) is 3.13. The van der Waals surface area contributed by atoms with Gasteiger partial charge in [-0.3, -0.25) is 4.79 Å². The van der Waals surface area contributed by atoms with E-state index < -0.39 is 12.1 Å². The van der Waals surface area contributed by atoms with Crippen LogP contribution in [-0.2, 0) is 14.3 Å². The minimum Gasteiger partial charge on any atom is -0.478 e. The summed E-state index contributed by atoms with van der Waals surface area (Å²) in [5, 5.41) is 14.2. The van der Waals surface area contributed by atoms with Crippen molar-refractivity contribution in [3.05, 3.63) is 71.3 Å².